The molecule has 0 spiro atoms. The molecule has 0 saturated carbocycles. The zero-order chi connectivity index (χ0) is 11.5. The number of pyridine rings is 1. The summed E-state index contributed by atoms with van der Waals surface area (Å²) >= 11 is 0. The molecule has 1 aromatic heterocycles. The molecule has 2 rings (SSSR count). The summed E-state index contributed by atoms with van der Waals surface area (Å²) < 4.78 is 0. The lowest BCUT2D eigenvalue weighted by Crippen LogP contribution is -2.20. The van der Waals surface area contributed by atoms with Crippen LogP contribution in [0.4, 0.5) is 5.82 Å². The summed E-state index contributed by atoms with van der Waals surface area (Å²) in [4.78, 5) is 26.1. The van der Waals surface area contributed by atoms with Gasteiger partial charge in [0.05, 0.1) is 0 Å². The highest BCUT2D eigenvalue weighted by atomic mass is 16.1. The summed E-state index contributed by atoms with van der Waals surface area (Å²) in [7, 11) is 0. The lowest BCUT2D eigenvalue weighted by atomic mass is 10.0. The molecule has 0 bridgehead atoms. The Kier molecular flexibility index (Phi) is 2.81. The molecule has 0 fully saturated rings. The molecule has 1 aliphatic heterocycles. The largest absolute Gasteiger partial charge is 0.310 e. The molecule has 4 nitrogen and oxygen atoms in total. The number of anilines is 1. The number of fused-ring (bicyclic) bond motifs is 1. The van der Waals surface area contributed by atoms with E-state index in [0.717, 1.165) is 11.1 Å². The highest BCUT2D eigenvalue weighted by Gasteiger charge is 2.15. The van der Waals surface area contributed by atoms with Crippen LogP contribution in [-0.2, 0) is 16.0 Å². The van der Waals surface area contributed by atoms with Crippen molar-refractivity contribution >= 4 is 23.6 Å². The van der Waals surface area contributed by atoms with Gasteiger partial charge in [0.1, 0.15) is 5.82 Å². The van der Waals surface area contributed by atoms with Crippen molar-refractivity contribution in [3.05, 3.63) is 29.5 Å². The summed E-state index contributed by atoms with van der Waals surface area (Å²) in [5.74, 6) is 0.647. The number of hydrogen-bond donors (Lipinski definition) is 1. The monoisotopic (exact) mass is 216 g/mol. The van der Waals surface area contributed by atoms with Crippen molar-refractivity contribution < 1.29 is 9.59 Å². The van der Waals surface area contributed by atoms with Crippen LogP contribution in [0, 0.1) is 0 Å². The standard InChI is InChI=1S/C12H12N2O2/c1-8(15)2-3-9-6-10-4-5-11(16)14-12(10)13-7-9/h2-3,6-7H,4-5H2,1H3,(H,13,14,16)/b3-2+. The number of rotatable bonds is 2. The van der Waals surface area contributed by atoms with E-state index in [1.54, 1.807) is 12.3 Å². The summed E-state index contributed by atoms with van der Waals surface area (Å²) in [6.45, 7) is 1.50. The Morgan fingerprint density at radius 3 is 3.06 bits per heavy atom. The fourth-order valence-corrected chi connectivity index (χ4v) is 1.58. The summed E-state index contributed by atoms with van der Waals surface area (Å²) in [6, 6.07) is 1.95. The van der Waals surface area contributed by atoms with Crippen molar-refractivity contribution in [2.45, 2.75) is 19.8 Å². The fraction of sp³-hybridized carbons (Fsp3) is 0.250. The molecule has 0 aromatic carbocycles. The quantitative estimate of drug-likeness (QED) is 0.763. The normalized spacial score (nSPS) is 14.7. The maximum atomic E-state index is 11.1. The van der Waals surface area contributed by atoms with Gasteiger partial charge < -0.3 is 5.32 Å². The Labute approximate surface area is 93.4 Å². The second-order valence-corrected chi connectivity index (χ2v) is 3.77. The van der Waals surface area contributed by atoms with Gasteiger partial charge in [-0.3, -0.25) is 9.59 Å². The number of ketones is 1. The van der Waals surface area contributed by atoms with E-state index in [1.165, 1.54) is 13.0 Å². The number of allylic oxidation sites excluding steroid dienone is 1. The van der Waals surface area contributed by atoms with Crippen LogP contribution < -0.4 is 5.32 Å². The molecule has 16 heavy (non-hydrogen) atoms. The summed E-state index contributed by atoms with van der Waals surface area (Å²) in [6.07, 6.45) is 6.07. The molecule has 0 aliphatic carbocycles. The molecule has 0 atom stereocenters. The molecule has 4 heteroatoms. The molecule has 0 unspecified atom stereocenters. The van der Waals surface area contributed by atoms with Crippen LogP contribution in [-0.4, -0.2) is 16.7 Å². The first-order valence-electron chi connectivity index (χ1n) is 5.12. The van der Waals surface area contributed by atoms with Crippen molar-refractivity contribution in [1.29, 1.82) is 0 Å². The highest BCUT2D eigenvalue weighted by molar-refractivity contribution is 5.93. The average Bonchev–Trinajstić information content (AvgIpc) is 2.26. The van der Waals surface area contributed by atoms with E-state index >= 15 is 0 Å². The number of nitrogens with zero attached hydrogens (tertiary/aromatic N) is 1. The number of aromatic nitrogens is 1. The van der Waals surface area contributed by atoms with Gasteiger partial charge in [0.2, 0.25) is 5.91 Å². The third-order valence-electron chi connectivity index (χ3n) is 2.38. The van der Waals surface area contributed by atoms with Crippen molar-refractivity contribution in [3.63, 3.8) is 0 Å². The van der Waals surface area contributed by atoms with Gasteiger partial charge in [0, 0.05) is 12.6 Å². The minimum Gasteiger partial charge on any atom is -0.310 e. The number of carbonyl (C=O) groups is 2. The maximum Gasteiger partial charge on any atom is 0.225 e. The lowest BCUT2D eigenvalue weighted by Gasteiger charge is -2.15. The Hall–Kier alpha value is -1.97. The lowest BCUT2D eigenvalue weighted by molar-refractivity contribution is -0.116. The van der Waals surface area contributed by atoms with E-state index in [0.29, 0.717) is 18.7 Å². The molecule has 1 amide bonds. The Morgan fingerprint density at radius 1 is 1.50 bits per heavy atom. The first-order valence-corrected chi connectivity index (χ1v) is 5.12. The van der Waals surface area contributed by atoms with E-state index in [-0.39, 0.29) is 11.7 Å². The Bertz CT molecular complexity index is 478. The van der Waals surface area contributed by atoms with Crippen molar-refractivity contribution in [1.82, 2.24) is 4.98 Å². The smallest absolute Gasteiger partial charge is 0.225 e. The van der Waals surface area contributed by atoms with Crippen molar-refractivity contribution in [2.24, 2.45) is 0 Å². The second kappa shape index (κ2) is 4.26. The first kappa shape index (κ1) is 10.5. The Morgan fingerprint density at radius 2 is 2.31 bits per heavy atom. The van der Waals surface area contributed by atoms with Crippen LogP contribution in [0.2, 0.25) is 0 Å². The Balaban J connectivity index is 2.26. The van der Waals surface area contributed by atoms with Gasteiger partial charge in [-0.2, -0.15) is 0 Å². The predicted molar refractivity (Wildman–Crippen MR) is 60.9 cm³/mol. The minimum absolute atomic E-state index is 0.00558. The topological polar surface area (TPSA) is 59.1 Å². The van der Waals surface area contributed by atoms with Crippen molar-refractivity contribution in [2.75, 3.05) is 5.32 Å². The molecular weight excluding hydrogens is 204 g/mol. The van der Waals surface area contributed by atoms with E-state index in [9.17, 15) is 9.59 Å². The van der Waals surface area contributed by atoms with Gasteiger partial charge in [-0.25, -0.2) is 4.98 Å². The van der Waals surface area contributed by atoms with Gasteiger partial charge in [-0.05, 0) is 42.7 Å². The highest BCUT2D eigenvalue weighted by Crippen LogP contribution is 2.21. The number of hydrogen-bond acceptors (Lipinski definition) is 3. The third kappa shape index (κ3) is 2.34. The van der Waals surface area contributed by atoms with Crippen LogP contribution in [0.15, 0.2) is 18.3 Å². The molecule has 82 valence electrons. The SMILES string of the molecule is CC(=O)/C=C/c1cnc2c(c1)CCC(=O)N2. The molecule has 1 aliphatic rings. The number of nitrogens with one attached hydrogen (secondary N) is 1. The zero-order valence-electron chi connectivity index (χ0n) is 8.99. The van der Waals surface area contributed by atoms with Gasteiger partial charge in [-0.1, -0.05) is 0 Å². The van der Waals surface area contributed by atoms with E-state index in [2.05, 4.69) is 10.3 Å². The molecule has 2 heterocycles. The van der Waals surface area contributed by atoms with E-state index in [4.69, 9.17) is 0 Å². The number of aryl methyl sites for hydroxylation is 1. The van der Waals surface area contributed by atoms with E-state index in [1.807, 2.05) is 6.07 Å². The molecular formula is C12H12N2O2. The van der Waals surface area contributed by atoms with Gasteiger partial charge in [0.25, 0.3) is 0 Å². The predicted octanol–water partition coefficient (Wildman–Crippen LogP) is 1.57. The molecule has 1 N–H and O–H groups in total. The summed E-state index contributed by atoms with van der Waals surface area (Å²) in [5, 5.41) is 2.71. The van der Waals surface area contributed by atoms with Crippen LogP contribution in [0.1, 0.15) is 24.5 Å². The summed E-state index contributed by atoms with van der Waals surface area (Å²) in [5.41, 5.74) is 1.90. The second-order valence-electron chi connectivity index (χ2n) is 3.77. The van der Waals surface area contributed by atoms with E-state index < -0.39 is 0 Å². The molecule has 1 aromatic rings. The van der Waals surface area contributed by atoms with Crippen LogP contribution in [0.5, 0.6) is 0 Å². The van der Waals surface area contributed by atoms with Crippen molar-refractivity contribution in [3.8, 4) is 0 Å². The third-order valence-corrected chi connectivity index (χ3v) is 2.38. The van der Waals surface area contributed by atoms with Crippen LogP contribution in [0.3, 0.4) is 0 Å². The fourth-order valence-electron chi connectivity index (χ4n) is 1.58. The minimum atomic E-state index is 0.00558. The first-order chi connectivity index (χ1) is 7.65. The molecule has 0 saturated heterocycles. The van der Waals surface area contributed by atoms with Gasteiger partial charge in [0.15, 0.2) is 5.78 Å². The van der Waals surface area contributed by atoms with Crippen LogP contribution in [0.25, 0.3) is 6.08 Å². The maximum absolute atomic E-state index is 11.1. The zero-order valence-corrected chi connectivity index (χ0v) is 8.99. The number of carbonyl (C=O) groups excluding carboxylic acids is 2. The van der Waals surface area contributed by atoms with Gasteiger partial charge in [-0.15, -0.1) is 0 Å². The number of amides is 1. The van der Waals surface area contributed by atoms with Gasteiger partial charge >= 0.3 is 0 Å². The average molecular weight is 216 g/mol. The van der Waals surface area contributed by atoms with Crippen LogP contribution >= 0.6 is 0 Å². The molecule has 0 radical (unpaired) electrons.